The van der Waals surface area contributed by atoms with Gasteiger partial charge in [0.25, 0.3) is 0 Å². The third-order valence-corrected chi connectivity index (χ3v) is 4.81. The van der Waals surface area contributed by atoms with Crippen molar-refractivity contribution in [3.05, 3.63) is 89.1 Å². The third-order valence-electron chi connectivity index (χ3n) is 4.81. The van der Waals surface area contributed by atoms with Gasteiger partial charge >= 0.3 is 6.18 Å². The molecule has 0 spiro atoms. The molecule has 2 aromatic carbocycles. The van der Waals surface area contributed by atoms with E-state index in [4.69, 9.17) is 5.73 Å². The summed E-state index contributed by atoms with van der Waals surface area (Å²) in [5.74, 6) is 0.532. The first-order valence-corrected chi connectivity index (χ1v) is 11.9. The molecule has 0 saturated heterocycles. The van der Waals surface area contributed by atoms with Gasteiger partial charge in [-0.1, -0.05) is 57.2 Å². The molecule has 1 heterocycles. The van der Waals surface area contributed by atoms with Crippen LogP contribution in [0.1, 0.15) is 43.9 Å². The Morgan fingerprint density at radius 3 is 2.36 bits per heavy atom. The number of benzene rings is 2. The number of hydrogen-bond acceptors (Lipinski definition) is 4. The molecule has 36 heavy (non-hydrogen) atoms. The topological polar surface area (TPSA) is 101 Å². The molecule has 9 heteroatoms. The molecular weight excluding hydrogens is 465 g/mol. The van der Waals surface area contributed by atoms with Gasteiger partial charge in [-0.25, -0.2) is 4.99 Å². The number of nitrogens with one attached hydrogen (secondary N) is 2. The summed E-state index contributed by atoms with van der Waals surface area (Å²) in [6, 6.07) is 12.9. The van der Waals surface area contributed by atoms with E-state index in [1.807, 2.05) is 57.2 Å². The van der Waals surface area contributed by atoms with E-state index in [0.29, 0.717) is 12.1 Å². The number of halogens is 3. The minimum absolute atomic E-state index is 0.0757. The molecule has 1 aliphatic rings. The van der Waals surface area contributed by atoms with Crippen LogP contribution in [0.2, 0.25) is 0 Å². The summed E-state index contributed by atoms with van der Waals surface area (Å²) in [6.45, 7) is 7.11. The Labute approximate surface area is 212 Å². The van der Waals surface area contributed by atoms with Gasteiger partial charge in [-0.15, -0.1) is 0 Å². The zero-order valence-electron chi connectivity index (χ0n) is 21.4. The number of dihydropyridines is 1. The number of nitrogens with two attached hydrogens (primary N) is 2. The van der Waals surface area contributed by atoms with Crippen LogP contribution in [0, 0.1) is 0 Å². The highest BCUT2D eigenvalue weighted by Crippen LogP contribution is 2.32. The molecule has 1 aliphatic heterocycles. The van der Waals surface area contributed by atoms with Crippen LogP contribution >= 0.6 is 0 Å². The number of allylic oxidation sites excluding steroid dienone is 2. The third kappa shape index (κ3) is 9.22. The summed E-state index contributed by atoms with van der Waals surface area (Å²) in [6.07, 6.45) is 1.90. The van der Waals surface area contributed by atoms with Gasteiger partial charge in [-0.2, -0.15) is 13.2 Å². The van der Waals surface area contributed by atoms with Crippen molar-refractivity contribution in [3.63, 3.8) is 0 Å². The van der Waals surface area contributed by atoms with Gasteiger partial charge in [-0.3, -0.25) is 4.99 Å². The second kappa shape index (κ2) is 16.1. The monoisotopic (exact) mass is 502 g/mol. The quantitative estimate of drug-likeness (QED) is 0.298. The summed E-state index contributed by atoms with van der Waals surface area (Å²) in [5, 5.41) is 6.38. The lowest BCUT2D eigenvalue weighted by molar-refractivity contribution is -0.138. The van der Waals surface area contributed by atoms with Crippen molar-refractivity contribution in [1.29, 1.82) is 0 Å². The number of rotatable bonds is 7. The number of anilines is 1. The number of nitrogens with zero attached hydrogens (tertiary/aromatic N) is 2. The van der Waals surface area contributed by atoms with E-state index in [1.165, 1.54) is 19.2 Å². The van der Waals surface area contributed by atoms with Crippen LogP contribution in [0.15, 0.2) is 82.4 Å². The maximum atomic E-state index is 13.4. The fourth-order valence-corrected chi connectivity index (χ4v) is 3.19. The van der Waals surface area contributed by atoms with Gasteiger partial charge in [0.05, 0.1) is 12.1 Å². The largest absolute Gasteiger partial charge is 0.416 e. The second-order valence-electron chi connectivity index (χ2n) is 7.20. The molecule has 2 aromatic rings. The number of aliphatic imine (C=N–C) groups is 2. The Morgan fingerprint density at radius 1 is 1.06 bits per heavy atom. The lowest BCUT2D eigenvalue weighted by atomic mass is 10.1. The SMILES string of the molecule is CC.CCCNc1ccccc1C(N=C(N)C1=CC=CNC1)=NCc1ccccc1C(F)(F)F.CN. The normalized spacial score (nSPS) is 13.4. The molecule has 0 unspecified atom stereocenters. The fraction of sp³-hybridized carbons (Fsp3) is 0.333. The minimum atomic E-state index is -4.46. The molecule has 196 valence electrons. The first kappa shape index (κ1) is 30.4. The molecule has 0 saturated carbocycles. The molecule has 0 atom stereocenters. The molecular formula is C27H37F3N6. The molecule has 6 N–H and O–H groups in total. The molecule has 3 rings (SSSR count). The van der Waals surface area contributed by atoms with E-state index in [2.05, 4.69) is 26.4 Å². The molecule has 0 fully saturated rings. The fourth-order valence-electron chi connectivity index (χ4n) is 3.19. The predicted molar refractivity (Wildman–Crippen MR) is 145 cm³/mol. The minimum Gasteiger partial charge on any atom is -0.387 e. The van der Waals surface area contributed by atoms with E-state index >= 15 is 0 Å². The van der Waals surface area contributed by atoms with Crippen molar-refractivity contribution >= 4 is 17.4 Å². The average molecular weight is 503 g/mol. The van der Waals surface area contributed by atoms with Crippen molar-refractivity contribution in [2.75, 3.05) is 25.5 Å². The average Bonchev–Trinajstić information content (AvgIpc) is 2.92. The van der Waals surface area contributed by atoms with E-state index in [9.17, 15) is 13.2 Å². The highest BCUT2D eigenvalue weighted by Gasteiger charge is 2.32. The number of alkyl halides is 3. The Kier molecular flexibility index (Phi) is 13.7. The van der Waals surface area contributed by atoms with Gasteiger partial charge in [0, 0.05) is 29.9 Å². The van der Waals surface area contributed by atoms with Gasteiger partial charge in [-0.05, 0) is 49.5 Å². The van der Waals surface area contributed by atoms with Crippen molar-refractivity contribution < 1.29 is 13.2 Å². The maximum Gasteiger partial charge on any atom is 0.416 e. The Hall–Kier alpha value is -3.59. The standard InChI is InChI=1S/C24H26F3N5.C2H6.CH5N/c1-2-13-30-21-12-6-4-10-19(21)23(32-22(28)18-9-7-14-29-15-18)31-16-17-8-3-5-11-20(17)24(25,26)27;2*1-2/h3-12,14,29-30H,2,13,15-16H2,1H3,(H2,28,31,32);1-2H3;2H2,1H3. The van der Waals surface area contributed by atoms with Crippen molar-refractivity contribution in [3.8, 4) is 0 Å². The first-order chi connectivity index (χ1) is 17.4. The summed E-state index contributed by atoms with van der Waals surface area (Å²) in [4.78, 5) is 9.01. The van der Waals surface area contributed by atoms with Gasteiger partial charge in [0.1, 0.15) is 5.84 Å². The lowest BCUT2D eigenvalue weighted by Crippen LogP contribution is -2.26. The summed E-state index contributed by atoms with van der Waals surface area (Å²) >= 11 is 0. The number of amidine groups is 2. The smallest absolute Gasteiger partial charge is 0.387 e. The maximum absolute atomic E-state index is 13.4. The van der Waals surface area contributed by atoms with Gasteiger partial charge in [0.15, 0.2) is 5.84 Å². The first-order valence-electron chi connectivity index (χ1n) is 11.9. The van der Waals surface area contributed by atoms with E-state index in [-0.39, 0.29) is 23.8 Å². The molecule has 0 bridgehead atoms. The lowest BCUT2D eigenvalue weighted by Gasteiger charge is -2.15. The highest BCUT2D eigenvalue weighted by molar-refractivity contribution is 6.13. The summed E-state index contributed by atoms with van der Waals surface area (Å²) in [5.41, 5.74) is 12.3. The van der Waals surface area contributed by atoms with Gasteiger partial charge < -0.3 is 22.1 Å². The predicted octanol–water partition coefficient (Wildman–Crippen LogP) is 5.48. The second-order valence-corrected chi connectivity index (χ2v) is 7.20. The Balaban J connectivity index is 0.00000154. The van der Waals surface area contributed by atoms with E-state index in [0.717, 1.165) is 30.3 Å². The van der Waals surface area contributed by atoms with Crippen LogP contribution in [-0.2, 0) is 12.7 Å². The van der Waals surface area contributed by atoms with Crippen molar-refractivity contribution in [2.24, 2.45) is 21.5 Å². The van der Waals surface area contributed by atoms with Crippen molar-refractivity contribution in [1.82, 2.24) is 5.32 Å². The number of para-hydroxylation sites is 1. The van der Waals surface area contributed by atoms with E-state index in [1.54, 1.807) is 12.3 Å². The highest BCUT2D eigenvalue weighted by atomic mass is 19.4. The molecule has 0 aliphatic carbocycles. The van der Waals surface area contributed by atoms with Crippen LogP contribution in [0.4, 0.5) is 18.9 Å². The number of hydrogen-bond donors (Lipinski definition) is 4. The van der Waals surface area contributed by atoms with Crippen LogP contribution < -0.4 is 22.1 Å². The zero-order chi connectivity index (χ0) is 27.0. The molecule has 0 amide bonds. The van der Waals surface area contributed by atoms with Crippen LogP contribution in [0.3, 0.4) is 0 Å². The van der Waals surface area contributed by atoms with E-state index < -0.39 is 11.7 Å². The van der Waals surface area contributed by atoms with Crippen LogP contribution in [0.5, 0.6) is 0 Å². The van der Waals surface area contributed by atoms with Crippen LogP contribution in [0.25, 0.3) is 0 Å². The van der Waals surface area contributed by atoms with Gasteiger partial charge in [0.2, 0.25) is 0 Å². The Morgan fingerprint density at radius 2 is 1.72 bits per heavy atom. The zero-order valence-corrected chi connectivity index (χ0v) is 21.4. The molecule has 0 aromatic heterocycles. The Bertz CT molecular complexity index is 1060. The van der Waals surface area contributed by atoms with Crippen molar-refractivity contribution in [2.45, 2.75) is 39.9 Å². The summed E-state index contributed by atoms with van der Waals surface area (Å²) < 4.78 is 40.3. The van der Waals surface area contributed by atoms with Crippen LogP contribution in [-0.4, -0.2) is 31.8 Å². The molecule has 6 nitrogen and oxygen atoms in total. The summed E-state index contributed by atoms with van der Waals surface area (Å²) in [7, 11) is 1.50. The molecule has 0 radical (unpaired) electrons.